The molecule has 0 aliphatic heterocycles. The van der Waals surface area contributed by atoms with Gasteiger partial charge in [0, 0.05) is 92.5 Å². The lowest BCUT2D eigenvalue weighted by atomic mass is 10.1. The minimum Gasteiger partial charge on any atom is -0.456 e. The zero-order chi connectivity index (χ0) is 51.0. The van der Waals surface area contributed by atoms with Gasteiger partial charge in [0.25, 0.3) is 0 Å². The largest absolute Gasteiger partial charge is 0.456 e. The molecule has 78 heavy (non-hydrogen) atoms. The molecule has 18 aromatic rings. The molecule has 5 nitrogen and oxygen atoms in total. The van der Waals surface area contributed by atoms with Crippen molar-refractivity contribution >= 4 is 141 Å². The molecule has 12 aromatic carbocycles. The molecule has 0 aliphatic rings. The lowest BCUT2D eigenvalue weighted by Crippen LogP contribution is -1.95. The first-order chi connectivity index (χ1) is 38.7. The summed E-state index contributed by atoms with van der Waals surface area (Å²) in [5, 5.41) is 15.1. The zero-order valence-electron chi connectivity index (χ0n) is 42.0. The Kier molecular flexibility index (Phi) is 9.22. The van der Waals surface area contributed by atoms with E-state index in [1.165, 1.54) is 119 Å². The second kappa shape index (κ2) is 16.7. The first kappa shape index (κ1) is 43.1. The van der Waals surface area contributed by atoms with Crippen molar-refractivity contribution in [3.05, 3.63) is 267 Å². The SMILES string of the molecule is c1ccc(-n2c3ccccc3c3c2ccc2c4ccccc4n(-c4ccc5c(c4)oc4ccccc45)c23)cc1.c1ccc(-n2c3ccccc3c3c2ccc2c4ccccc4n(-c4cccc5c4sc4ccccc45)c23)cc1. The number of nitrogens with zero attached hydrogens (tertiary/aromatic N) is 4. The Morgan fingerprint density at radius 1 is 0.256 bits per heavy atom. The van der Waals surface area contributed by atoms with Gasteiger partial charge in [0.15, 0.2) is 0 Å². The van der Waals surface area contributed by atoms with Crippen LogP contribution in [0.4, 0.5) is 0 Å². The average Bonchev–Trinajstić information content (AvgIpc) is 4.29. The predicted molar refractivity (Wildman–Crippen MR) is 330 cm³/mol. The fraction of sp³-hybridized carbons (Fsp3) is 0. The fourth-order valence-corrected chi connectivity index (χ4v) is 14.2. The summed E-state index contributed by atoms with van der Waals surface area (Å²) in [5.74, 6) is 0. The van der Waals surface area contributed by atoms with Crippen LogP contribution in [0.15, 0.2) is 271 Å². The average molecular weight is 1010 g/mol. The number of hydrogen-bond acceptors (Lipinski definition) is 2. The van der Waals surface area contributed by atoms with Gasteiger partial charge in [-0.15, -0.1) is 11.3 Å². The second-order valence-electron chi connectivity index (χ2n) is 20.3. The van der Waals surface area contributed by atoms with Gasteiger partial charge in [0.1, 0.15) is 11.2 Å². The highest BCUT2D eigenvalue weighted by Gasteiger charge is 2.24. The number of para-hydroxylation sites is 7. The highest BCUT2D eigenvalue weighted by atomic mass is 32.1. The van der Waals surface area contributed by atoms with Crippen LogP contribution in [-0.2, 0) is 0 Å². The van der Waals surface area contributed by atoms with Crippen LogP contribution in [0.1, 0.15) is 0 Å². The molecule has 6 heterocycles. The van der Waals surface area contributed by atoms with E-state index in [0.29, 0.717) is 0 Å². The molecule has 6 heteroatoms. The van der Waals surface area contributed by atoms with Crippen molar-refractivity contribution in [3.63, 3.8) is 0 Å². The Labute approximate surface area is 450 Å². The van der Waals surface area contributed by atoms with Crippen LogP contribution < -0.4 is 0 Å². The van der Waals surface area contributed by atoms with Crippen LogP contribution in [0, 0.1) is 0 Å². The Morgan fingerprint density at radius 2 is 0.705 bits per heavy atom. The lowest BCUT2D eigenvalue weighted by Gasteiger charge is -2.11. The van der Waals surface area contributed by atoms with E-state index >= 15 is 0 Å². The summed E-state index contributed by atoms with van der Waals surface area (Å²) >= 11 is 1.89. The summed E-state index contributed by atoms with van der Waals surface area (Å²) in [6, 6.07) is 96.1. The van der Waals surface area contributed by atoms with Crippen molar-refractivity contribution in [1.82, 2.24) is 18.3 Å². The summed E-state index contributed by atoms with van der Waals surface area (Å²) in [4.78, 5) is 0. The monoisotopic (exact) mass is 1010 g/mol. The van der Waals surface area contributed by atoms with E-state index in [4.69, 9.17) is 4.42 Å². The van der Waals surface area contributed by atoms with E-state index in [-0.39, 0.29) is 0 Å². The highest BCUT2D eigenvalue weighted by Crippen LogP contribution is 2.46. The normalized spacial score (nSPS) is 12.1. The number of fused-ring (bicyclic) bond motifs is 20. The maximum Gasteiger partial charge on any atom is 0.137 e. The second-order valence-corrected chi connectivity index (χ2v) is 21.4. The maximum atomic E-state index is 6.32. The smallest absolute Gasteiger partial charge is 0.137 e. The van der Waals surface area contributed by atoms with Gasteiger partial charge in [-0.05, 0) is 91.0 Å². The third-order valence-corrected chi connectivity index (χ3v) is 17.4. The van der Waals surface area contributed by atoms with Crippen LogP contribution in [0.5, 0.6) is 0 Å². The van der Waals surface area contributed by atoms with Crippen LogP contribution in [0.2, 0.25) is 0 Å². The molecule has 18 rings (SSSR count). The van der Waals surface area contributed by atoms with Gasteiger partial charge in [-0.2, -0.15) is 0 Å². The van der Waals surface area contributed by atoms with Gasteiger partial charge in [-0.25, -0.2) is 0 Å². The quantitative estimate of drug-likeness (QED) is 0.173. The van der Waals surface area contributed by atoms with Gasteiger partial charge in [0.2, 0.25) is 0 Å². The van der Waals surface area contributed by atoms with Crippen molar-refractivity contribution in [2.24, 2.45) is 0 Å². The molecular weight excluding hydrogens is 969 g/mol. The van der Waals surface area contributed by atoms with Crippen LogP contribution >= 0.6 is 11.3 Å². The molecule has 364 valence electrons. The van der Waals surface area contributed by atoms with Crippen molar-refractivity contribution in [2.75, 3.05) is 0 Å². The third kappa shape index (κ3) is 6.11. The molecule has 0 unspecified atom stereocenters. The molecule has 0 spiro atoms. The first-order valence-electron chi connectivity index (χ1n) is 26.6. The molecule has 0 bridgehead atoms. The van der Waals surface area contributed by atoms with E-state index in [1.807, 2.05) is 23.5 Å². The summed E-state index contributed by atoms with van der Waals surface area (Å²) in [5.41, 5.74) is 16.3. The van der Waals surface area contributed by atoms with Crippen LogP contribution in [0.25, 0.3) is 152 Å². The molecule has 0 saturated carbocycles. The van der Waals surface area contributed by atoms with Gasteiger partial charge in [-0.3, -0.25) is 0 Å². The summed E-state index contributed by atoms with van der Waals surface area (Å²) in [7, 11) is 0. The molecule has 0 saturated heterocycles. The summed E-state index contributed by atoms with van der Waals surface area (Å²) in [6.45, 7) is 0. The number of aromatic nitrogens is 4. The van der Waals surface area contributed by atoms with Crippen LogP contribution in [0.3, 0.4) is 0 Å². The minimum atomic E-state index is 0.901. The minimum absolute atomic E-state index is 0.901. The van der Waals surface area contributed by atoms with Crippen LogP contribution in [-0.4, -0.2) is 18.3 Å². The molecule has 0 amide bonds. The Balaban J connectivity index is 0.000000126. The fourth-order valence-electron chi connectivity index (χ4n) is 13.0. The predicted octanol–water partition coefficient (Wildman–Crippen LogP) is 20.0. The highest BCUT2D eigenvalue weighted by molar-refractivity contribution is 7.26. The summed E-state index contributed by atoms with van der Waals surface area (Å²) in [6.07, 6.45) is 0. The molecule has 0 N–H and O–H groups in total. The summed E-state index contributed by atoms with van der Waals surface area (Å²) < 4.78 is 18.7. The molecule has 0 fully saturated rings. The van der Waals surface area contributed by atoms with Crippen molar-refractivity contribution in [2.45, 2.75) is 0 Å². The Morgan fingerprint density at radius 3 is 1.32 bits per heavy atom. The molecule has 0 radical (unpaired) electrons. The number of benzene rings is 12. The standard InChI is InChI=1S/C36H22N2O.C36H22N2S/c1-2-10-23(11-3-1)37-31-16-8-5-14-29(31)35-32(37)21-20-28-25-12-4-7-15-30(25)38(36(28)35)24-18-19-27-26-13-6-9-17-33(26)39-34(27)22-24;1-2-11-23(12-3-1)37-30-18-8-5-15-28(30)34-31(37)22-21-26-24-13-4-7-17-29(24)38(35(26)34)32-19-10-16-27-25-14-6-9-20-33(25)39-36(27)32/h2*1-22H. The maximum absolute atomic E-state index is 6.32. The lowest BCUT2D eigenvalue weighted by molar-refractivity contribution is 0.668. The van der Waals surface area contributed by atoms with E-state index in [2.05, 4.69) is 273 Å². The number of rotatable bonds is 4. The first-order valence-corrected chi connectivity index (χ1v) is 27.4. The van der Waals surface area contributed by atoms with Crippen molar-refractivity contribution < 1.29 is 4.42 Å². The number of furan rings is 1. The molecule has 6 aromatic heterocycles. The Bertz CT molecular complexity index is 5450. The van der Waals surface area contributed by atoms with E-state index in [9.17, 15) is 0 Å². The van der Waals surface area contributed by atoms with Gasteiger partial charge in [0.05, 0.1) is 54.5 Å². The topological polar surface area (TPSA) is 32.9 Å². The van der Waals surface area contributed by atoms with Crippen molar-refractivity contribution in [1.29, 1.82) is 0 Å². The zero-order valence-corrected chi connectivity index (χ0v) is 42.8. The third-order valence-electron chi connectivity index (χ3n) is 16.2. The van der Waals surface area contributed by atoms with Crippen molar-refractivity contribution in [3.8, 4) is 22.7 Å². The van der Waals surface area contributed by atoms with E-state index < -0.39 is 0 Å². The molecule has 0 aliphatic carbocycles. The van der Waals surface area contributed by atoms with E-state index in [1.54, 1.807) is 0 Å². The Hall–Kier alpha value is -10.1. The van der Waals surface area contributed by atoms with Gasteiger partial charge < -0.3 is 22.7 Å². The van der Waals surface area contributed by atoms with Gasteiger partial charge >= 0.3 is 0 Å². The number of thiophene rings is 1. The molecule has 0 atom stereocenters. The van der Waals surface area contributed by atoms with E-state index in [0.717, 1.165) is 33.3 Å². The molecular formula is C72H44N4OS. The number of hydrogen-bond donors (Lipinski definition) is 0. The van der Waals surface area contributed by atoms with Gasteiger partial charge in [-0.1, -0.05) is 170 Å².